The molecule has 0 bridgehead atoms. The minimum absolute atomic E-state index is 0.0103. The van der Waals surface area contributed by atoms with E-state index in [9.17, 15) is 14.9 Å². The van der Waals surface area contributed by atoms with Gasteiger partial charge in [0.2, 0.25) is 0 Å². The van der Waals surface area contributed by atoms with Crippen molar-refractivity contribution in [3.63, 3.8) is 0 Å². The van der Waals surface area contributed by atoms with Crippen LogP contribution < -0.4 is 11.2 Å². The van der Waals surface area contributed by atoms with Crippen molar-refractivity contribution in [1.82, 2.24) is 5.43 Å². The number of nitrogens with one attached hydrogen (secondary N) is 1. The first-order valence-electron chi connectivity index (χ1n) is 4.77. The van der Waals surface area contributed by atoms with Crippen molar-refractivity contribution >= 4 is 17.4 Å². The number of benzene rings is 1. The molecule has 1 aromatic carbocycles. The van der Waals surface area contributed by atoms with Crippen molar-refractivity contribution in [3.05, 3.63) is 39.4 Å². The fourth-order valence-electron chi connectivity index (χ4n) is 1.23. The molecule has 2 amide bonds. The van der Waals surface area contributed by atoms with Crippen LogP contribution in [0.15, 0.2) is 23.3 Å². The number of nitrogens with zero attached hydrogens (tertiary/aromatic N) is 2. The van der Waals surface area contributed by atoms with E-state index in [0.717, 1.165) is 0 Å². The zero-order valence-corrected chi connectivity index (χ0v) is 9.43. The topological polar surface area (TPSA) is 111 Å². The largest absolute Gasteiger partial charge is 0.350 e. The molecule has 0 fully saturated rings. The number of nitro benzene ring substituents is 1. The summed E-state index contributed by atoms with van der Waals surface area (Å²) in [7, 11) is 0. The first kappa shape index (κ1) is 12.6. The zero-order chi connectivity index (χ0) is 13.0. The fraction of sp³-hybridized carbons (Fsp3) is 0.200. The quantitative estimate of drug-likeness (QED) is 0.468. The summed E-state index contributed by atoms with van der Waals surface area (Å²) in [5, 5.41) is 14.4. The minimum Gasteiger partial charge on any atom is -0.350 e. The van der Waals surface area contributed by atoms with Gasteiger partial charge in [-0.25, -0.2) is 10.2 Å². The van der Waals surface area contributed by atoms with Crippen LogP contribution in [0.3, 0.4) is 0 Å². The lowest BCUT2D eigenvalue weighted by Crippen LogP contribution is -2.25. The standard InChI is InChI=1S/C10H12N4O3/c1-6-3-4-8(5-9(6)14(16)17)7(2)12-13-10(11)15/h3-5H,1-2H3,(H3,11,13,15). The van der Waals surface area contributed by atoms with E-state index in [1.54, 1.807) is 26.0 Å². The summed E-state index contributed by atoms with van der Waals surface area (Å²) in [6.45, 7) is 3.26. The lowest BCUT2D eigenvalue weighted by molar-refractivity contribution is -0.385. The number of primary amides is 1. The van der Waals surface area contributed by atoms with Crippen LogP contribution in [0.4, 0.5) is 10.5 Å². The van der Waals surface area contributed by atoms with Crippen LogP contribution >= 0.6 is 0 Å². The summed E-state index contributed by atoms with van der Waals surface area (Å²) >= 11 is 0. The average molecular weight is 236 g/mol. The van der Waals surface area contributed by atoms with Crippen LogP contribution in [0.25, 0.3) is 0 Å². The van der Waals surface area contributed by atoms with Crippen LogP contribution in [0, 0.1) is 17.0 Å². The van der Waals surface area contributed by atoms with Gasteiger partial charge in [-0.2, -0.15) is 5.10 Å². The SMILES string of the molecule is CC(=NNC(N)=O)c1ccc(C)c([N+](=O)[O-])c1. The number of carbonyl (C=O) groups is 1. The van der Waals surface area contributed by atoms with Crippen LogP contribution in [-0.2, 0) is 0 Å². The van der Waals surface area contributed by atoms with E-state index in [1.165, 1.54) is 6.07 Å². The highest BCUT2D eigenvalue weighted by Crippen LogP contribution is 2.19. The fourth-order valence-corrected chi connectivity index (χ4v) is 1.23. The molecule has 17 heavy (non-hydrogen) atoms. The first-order chi connectivity index (χ1) is 7.91. The molecule has 0 saturated heterocycles. The van der Waals surface area contributed by atoms with Gasteiger partial charge in [-0.05, 0) is 13.8 Å². The lowest BCUT2D eigenvalue weighted by Gasteiger charge is -2.02. The number of amides is 2. The number of carbonyl (C=O) groups excluding carboxylic acids is 1. The Morgan fingerprint density at radius 2 is 2.18 bits per heavy atom. The zero-order valence-electron chi connectivity index (χ0n) is 9.43. The highest BCUT2D eigenvalue weighted by molar-refractivity contribution is 5.99. The Labute approximate surface area is 97.5 Å². The molecule has 0 aliphatic carbocycles. The molecule has 0 heterocycles. The maximum atomic E-state index is 10.7. The van der Waals surface area contributed by atoms with Crippen molar-refractivity contribution in [2.45, 2.75) is 13.8 Å². The summed E-state index contributed by atoms with van der Waals surface area (Å²) in [6, 6.07) is 3.92. The second-order valence-corrected chi connectivity index (χ2v) is 3.43. The molecule has 3 N–H and O–H groups in total. The Morgan fingerprint density at radius 1 is 1.53 bits per heavy atom. The molecule has 0 aromatic heterocycles. The second-order valence-electron chi connectivity index (χ2n) is 3.43. The number of hydrazone groups is 1. The normalized spacial score (nSPS) is 11.1. The maximum Gasteiger partial charge on any atom is 0.332 e. The van der Waals surface area contributed by atoms with Crippen molar-refractivity contribution in [3.8, 4) is 0 Å². The van der Waals surface area contributed by atoms with Gasteiger partial charge in [0.15, 0.2) is 0 Å². The van der Waals surface area contributed by atoms with Crippen molar-refractivity contribution in [2.75, 3.05) is 0 Å². The van der Waals surface area contributed by atoms with E-state index >= 15 is 0 Å². The Kier molecular flexibility index (Phi) is 3.76. The number of nitro groups is 1. The molecule has 0 saturated carbocycles. The first-order valence-corrected chi connectivity index (χ1v) is 4.77. The van der Waals surface area contributed by atoms with E-state index in [1.807, 2.05) is 0 Å². The molecule has 1 rings (SSSR count). The summed E-state index contributed by atoms with van der Waals surface area (Å²) in [5.74, 6) is 0. The average Bonchev–Trinajstić information content (AvgIpc) is 2.26. The van der Waals surface area contributed by atoms with E-state index in [0.29, 0.717) is 16.8 Å². The molecular weight excluding hydrogens is 224 g/mol. The maximum absolute atomic E-state index is 10.7. The molecule has 0 atom stereocenters. The summed E-state index contributed by atoms with van der Waals surface area (Å²) < 4.78 is 0. The molecule has 0 aliphatic rings. The van der Waals surface area contributed by atoms with Gasteiger partial charge in [0.25, 0.3) is 5.69 Å². The van der Waals surface area contributed by atoms with E-state index < -0.39 is 11.0 Å². The van der Waals surface area contributed by atoms with Crippen molar-refractivity contribution in [2.24, 2.45) is 10.8 Å². The summed E-state index contributed by atoms with van der Waals surface area (Å²) in [6.07, 6.45) is 0. The van der Waals surface area contributed by atoms with Gasteiger partial charge in [-0.15, -0.1) is 0 Å². The Balaban J connectivity index is 3.07. The summed E-state index contributed by atoms with van der Waals surface area (Å²) in [4.78, 5) is 20.7. The number of aryl methyl sites for hydroxylation is 1. The third-order valence-electron chi connectivity index (χ3n) is 2.16. The van der Waals surface area contributed by atoms with Gasteiger partial charge in [0.1, 0.15) is 0 Å². The Bertz CT molecular complexity index is 496. The Morgan fingerprint density at radius 3 is 2.71 bits per heavy atom. The van der Waals surface area contributed by atoms with Gasteiger partial charge >= 0.3 is 6.03 Å². The van der Waals surface area contributed by atoms with Crippen LogP contribution in [0.1, 0.15) is 18.1 Å². The van der Waals surface area contributed by atoms with Crippen LogP contribution in [0.5, 0.6) is 0 Å². The highest BCUT2D eigenvalue weighted by atomic mass is 16.6. The molecular formula is C10H12N4O3. The smallest absolute Gasteiger partial charge is 0.332 e. The van der Waals surface area contributed by atoms with E-state index in [-0.39, 0.29) is 5.69 Å². The molecule has 7 heteroatoms. The van der Waals surface area contributed by atoms with Gasteiger partial charge in [-0.1, -0.05) is 12.1 Å². The van der Waals surface area contributed by atoms with E-state index in [4.69, 9.17) is 5.73 Å². The molecule has 7 nitrogen and oxygen atoms in total. The van der Waals surface area contributed by atoms with Crippen molar-refractivity contribution in [1.29, 1.82) is 0 Å². The molecule has 0 spiro atoms. The predicted octanol–water partition coefficient (Wildman–Crippen LogP) is 1.30. The minimum atomic E-state index is -0.786. The number of nitrogens with two attached hydrogens (primary N) is 1. The van der Waals surface area contributed by atoms with Crippen molar-refractivity contribution < 1.29 is 9.72 Å². The predicted molar refractivity (Wildman–Crippen MR) is 62.8 cm³/mol. The second kappa shape index (κ2) is 5.06. The van der Waals surface area contributed by atoms with E-state index in [2.05, 4.69) is 10.5 Å². The number of rotatable bonds is 3. The summed E-state index contributed by atoms with van der Waals surface area (Å²) in [5.41, 5.74) is 8.48. The van der Waals surface area contributed by atoms with Gasteiger partial charge in [0.05, 0.1) is 10.6 Å². The Hall–Kier alpha value is -2.44. The molecule has 0 aliphatic heterocycles. The van der Waals surface area contributed by atoms with Crippen LogP contribution in [0.2, 0.25) is 0 Å². The van der Waals surface area contributed by atoms with Crippen LogP contribution in [-0.4, -0.2) is 16.7 Å². The molecule has 1 aromatic rings. The monoisotopic (exact) mass is 236 g/mol. The molecule has 90 valence electrons. The lowest BCUT2D eigenvalue weighted by atomic mass is 10.1. The molecule has 0 radical (unpaired) electrons. The third-order valence-corrected chi connectivity index (χ3v) is 2.16. The number of hydrogen-bond donors (Lipinski definition) is 2. The molecule has 0 unspecified atom stereocenters. The van der Waals surface area contributed by atoms with Gasteiger partial charge < -0.3 is 5.73 Å². The highest BCUT2D eigenvalue weighted by Gasteiger charge is 2.12. The third kappa shape index (κ3) is 3.26. The van der Waals surface area contributed by atoms with Gasteiger partial charge in [0, 0.05) is 17.2 Å². The number of hydrogen-bond acceptors (Lipinski definition) is 4. The number of urea groups is 1. The van der Waals surface area contributed by atoms with Gasteiger partial charge in [-0.3, -0.25) is 10.1 Å².